The molecule has 1 atom stereocenters. The largest absolute Gasteiger partial charge is 0.483 e. The average Bonchev–Trinajstić information content (AvgIpc) is 3.23. The highest BCUT2D eigenvalue weighted by molar-refractivity contribution is 7.81. The molecule has 9 heteroatoms. The van der Waals surface area contributed by atoms with Crippen molar-refractivity contribution in [3.8, 4) is 17.0 Å². The van der Waals surface area contributed by atoms with Gasteiger partial charge in [0.25, 0.3) is 11.8 Å². The molecule has 1 fully saturated rings. The van der Waals surface area contributed by atoms with Gasteiger partial charge in [-0.25, -0.2) is 8.51 Å². The Balaban J connectivity index is 1.65. The maximum atomic E-state index is 13.1. The summed E-state index contributed by atoms with van der Waals surface area (Å²) < 4.78 is 25.2. The van der Waals surface area contributed by atoms with Gasteiger partial charge in [-0.2, -0.15) is 0 Å². The number of benzene rings is 2. The molecule has 1 saturated carbocycles. The minimum absolute atomic E-state index is 0.0633. The molecule has 202 valence electrons. The number of aryl methyl sites for hydroxylation is 1. The quantitative estimate of drug-likeness (QED) is 0.482. The molecule has 8 nitrogen and oxygen atoms in total. The third-order valence-electron chi connectivity index (χ3n) is 7.70. The van der Waals surface area contributed by atoms with E-state index in [0.717, 1.165) is 47.8 Å². The smallest absolute Gasteiger partial charge is 0.264 e. The van der Waals surface area contributed by atoms with Crippen molar-refractivity contribution in [2.75, 3.05) is 26.7 Å². The highest BCUT2D eigenvalue weighted by Gasteiger charge is 2.27. The third-order valence-corrected chi connectivity index (χ3v) is 8.81. The first-order valence-corrected chi connectivity index (χ1v) is 14.6. The Hall–Kier alpha value is -3.17. The zero-order chi connectivity index (χ0) is 26.6. The first-order chi connectivity index (χ1) is 18.4. The van der Waals surface area contributed by atoms with E-state index >= 15 is 0 Å². The predicted molar refractivity (Wildman–Crippen MR) is 150 cm³/mol. The topological polar surface area (TPSA) is 92.7 Å². The summed E-state index contributed by atoms with van der Waals surface area (Å²) in [5.41, 5.74) is 4.68. The highest BCUT2D eigenvalue weighted by Crippen LogP contribution is 2.45. The molecule has 2 amide bonds. The molecule has 1 aliphatic carbocycles. The van der Waals surface area contributed by atoms with Gasteiger partial charge in [0, 0.05) is 49.2 Å². The molecule has 2 aromatic carbocycles. The summed E-state index contributed by atoms with van der Waals surface area (Å²) in [7, 11) is 3.73. The fourth-order valence-electron chi connectivity index (χ4n) is 5.71. The molecule has 5 rings (SSSR count). The van der Waals surface area contributed by atoms with Gasteiger partial charge in [-0.15, -0.1) is 0 Å². The molecule has 2 aliphatic rings. The number of rotatable bonds is 1. The van der Waals surface area contributed by atoms with Crippen molar-refractivity contribution in [3.63, 3.8) is 0 Å². The van der Waals surface area contributed by atoms with Crippen molar-refractivity contribution in [2.45, 2.75) is 50.9 Å². The summed E-state index contributed by atoms with van der Waals surface area (Å²) >= 11 is -1.65. The first-order valence-electron chi connectivity index (χ1n) is 13.5. The Morgan fingerprint density at radius 3 is 2.58 bits per heavy atom. The van der Waals surface area contributed by atoms with E-state index in [1.165, 1.54) is 24.8 Å². The Kier molecular flexibility index (Phi) is 8.14. The molecule has 2 heterocycles. The van der Waals surface area contributed by atoms with E-state index in [4.69, 9.17) is 4.74 Å². The number of carbonyl (C=O) groups excluding carboxylic acids is 2. The van der Waals surface area contributed by atoms with Gasteiger partial charge in [-0.1, -0.05) is 37.5 Å². The molecule has 2 N–H and O–H groups in total. The SMILES string of the molecule is CN1CCCCNC(=O)COc2ccccc2-c2c(C3CCCCC3)c3ccc(cc3n2C)C(=O)NS1=O. The molecule has 38 heavy (non-hydrogen) atoms. The van der Waals surface area contributed by atoms with Crippen LogP contribution in [0.15, 0.2) is 42.5 Å². The standard InChI is InChI=1S/C29H36N4O4S/c1-32-17-9-8-16-30-26(34)19-37-25-13-7-6-12-23(25)28-27(20-10-4-3-5-11-20)22-15-14-21(18-24(22)33(28)2)29(35)31-38(32)36/h6-7,12-15,18,20H,3-5,8-11,16-17,19H2,1-2H3,(H,30,34)(H,31,35). The second kappa shape index (κ2) is 11.7. The Bertz CT molecular complexity index is 1360. The lowest BCUT2D eigenvalue weighted by Gasteiger charge is -2.24. The molecule has 3 bridgehead atoms. The Morgan fingerprint density at radius 1 is 0.974 bits per heavy atom. The second-order valence-corrected chi connectivity index (χ2v) is 11.6. The van der Waals surface area contributed by atoms with Gasteiger partial charge < -0.3 is 14.6 Å². The van der Waals surface area contributed by atoms with Crippen molar-refractivity contribution in [3.05, 3.63) is 53.6 Å². The zero-order valence-corrected chi connectivity index (χ0v) is 22.9. The van der Waals surface area contributed by atoms with Crippen LogP contribution in [-0.2, 0) is 23.0 Å². The van der Waals surface area contributed by atoms with Crippen LogP contribution in [0.3, 0.4) is 0 Å². The maximum Gasteiger partial charge on any atom is 0.264 e. The van der Waals surface area contributed by atoms with E-state index in [1.54, 1.807) is 11.4 Å². The van der Waals surface area contributed by atoms with Crippen molar-refractivity contribution in [1.29, 1.82) is 0 Å². The number of hydrogen-bond acceptors (Lipinski definition) is 4. The van der Waals surface area contributed by atoms with Gasteiger partial charge >= 0.3 is 0 Å². The number of nitrogens with one attached hydrogen (secondary N) is 2. The van der Waals surface area contributed by atoms with E-state index in [1.807, 2.05) is 49.5 Å². The van der Waals surface area contributed by atoms with Crippen molar-refractivity contribution >= 4 is 33.9 Å². The molecular weight excluding hydrogens is 500 g/mol. The molecule has 1 aromatic heterocycles. The van der Waals surface area contributed by atoms with Crippen LogP contribution in [0.4, 0.5) is 0 Å². The van der Waals surface area contributed by atoms with Crippen molar-refractivity contribution in [1.82, 2.24) is 18.9 Å². The van der Waals surface area contributed by atoms with Gasteiger partial charge in [0.15, 0.2) is 17.8 Å². The molecular formula is C29H36N4O4S. The molecule has 1 aliphatic heterocycles. The number of para-hydroxylation sites is 1. The Labute approximate surface area is 226 Å². The predicted octanol–water partition coefficient (Wildman–Crippen LogP) is 4.42. The molecule has 0 radical (unpaired) electrons. The first kappa shape index (κ1) is 26.4. The number of hydrogen-bond donors (Lipinski definition) is 2. The van der Waals surface area contributed by atoms with E-state index in [0.29, 0.717) is 30.3 Å². The average molecular weight is 537 g/mol. The highest BCUT2D eigenvalue weighted by atomic mass is 32.2. The zero-order valence-electron chi connectivity index (χ0n) is 22.1. The van der Waals surface area contributed by atoms with Gasteiger partial charge in [0.05, 0.1) is 5.69 Å². The number of carbonyl (C=O) groups is 2. The summed E-state index contributed by atoms with van der Waals surface area (Å²) in [6.45, 7) is 0.967. The number of aromatic nitrogens is 1. The van der Waals surface area contributed by atoms with Gasteiger partial charge in [0.1, 0.15) is 5.75 Å². The van der Waals surface area contributed by atoms with Crippen LogP contribution >= 0.6 is 0 Å². The minimum atomic E-state index is -1.65. The maximum absolute atomic E-state index is 13.1. The normalized spacial score (nSPS) is 20.7. The van der Waals surface area contributed by atoms with Crippen LogP contribution in [0, 0.1) is 0 Å². The van der Waals surface area contributed by atoms with Crippen LogP contribution in [0.1, 0.15) is 66.8 Å². The summed E-state index contributed by atoms with van der Waals surface area (Å²) in [5, 5.41) is 4.03. The summed E-state index contributed by atoms with van der Waals surface area (Å²) in [6, 6.07) is 13.6. The minimum Gasteiger partial charge on any atom is -0.483 e. The van der Waals surface area contributed by atoms with Crippen LogP contribution in [-0.4, -0.2) is 51.6 Å². The molecule has 3 aromatic rings. The lowest BCUT2D eigenvalue weighted by molar-refractivity contribution is -0.123. The van der Waals surface area contributed by atoms with Crippen molar-refractivity contribution in [2.24, 2.45) is 7.05 Å². The number of nitrogens with zero attached hydrogens (tertiary/aromatic N) is 2. The molecule has 1 unspecified atom stereocenters. The van der Waals surface area contributed by atoms with Crippen LogP contribution in [0.5, 0.6) is 5.75 Å². The van der Waals surface area contributed by atoms with Gasteiger partial charge in [-0.05, 0) is 61.4 Å². The lowest BCUT2D eigenvalue weighted by atomic mass is 9.81. The molecule has 0 spiro atoms. The monoisotopic (exact) mass is 536 g/mol. The molecule has 0 saturated heterocycles. The van der Waals surface area contributed by atoms with Crippen LogP contribution in [0.25, 0.3) is 22.2 Å². The fourth-order valence-corrected chi connectivity index (χ4v) is 6.43. The number of fused-ring (bicyclic) bond motifs is 4. The lowest BCUT2D eigenvalue weighted by Crippen LogP contribution is -2.37. The summed E-state index contributed by atoms with van der Waals surface area (Å²) in [5.74, 6) is 0.528. The van der Waals surface area contributed by atoms with Crippen LogP contribution < -0.4 is 14.8 Å². The third kappa shape index (κ3) is 5.49. The van der Waals surface area contributed by atoms with E-state index < -0.39 is 11.2 Å². The number of amides is 2. The van der Waals surface area contributed by atoms with E-state index in [2.05, 4.69) is 14.6 Å². The van der Waals surface area contributed by atoms with Crippen LogP contribution in [0.2, 0.25) is 0 Å². The van der Waals surface area contributed by atoms with E-state index in [9.17, 15) is 13.8 Å². The van der Waals surface area contributed by atoms with Gasteiger partial charge in [0.2, 0.25) is 0 Å². The fraction of sp³-hybridized carbons (Fsp3) is 0.448. The van der Waals surface area contributed by atoms with Crippen molar-refractivity contribution < 1.29 is 18.5 Å². The summed E-state index contributed by atoms with van der Waals surface area (Å²) in [4.78, 5) is 25.6. The summed E-state index contributed by atoms with van der Waals surface area (Å²) in [6.07, 6.45) is 7.32. The second-order valence-electron chi connectivity index (χ2n) is 10.3. The Morgan fingerprint density at radius 2 is 1.76 bits per heavy atom. The van der Waals surface area contributed by atoms with Gasteiger partial charge in [-0.3, -0.25) is 14.3 Å². The number of ether oxygens (including phenoxy) is 1. The van der Waals surface area contributed by atoms with E-state index in [-0.39, 0.29) is 18.4 Å².